The van der Waals surface area contributed by atoms with Gasteiger partial charge in [-0.3, -0.25) is 14.5 Å². The smallest absolute Gasteiger partial charge is 0.238 e. The minimum absolute atomic E-state index is 0.0625. The molecule has 2 aromatic heterocycles. The Morgan fingerprint density at radius 2 is 1.97 bits per heavy atom. The number of para-hydroxylation sites is 1. The number of nitrogens with zero attached hydrogens (tertiary/aromatic N) is 4. The van der Waals surface area contributed by atoms with Gasteiger partial charge in [-0.25, -0.2) is 9.97 Å². The maximum atomic E-state index is 12.8. The van der Waals surface area contributed by atoms with Crippen LogP contribution in [0.2, 0.25) is 5.02 Å². The summed E-state index contributed by atoms with van der Waals surface area (Å²) >= 11 is 9.10. The quantitative estimate of drug-likeness (QED) is 0.387. The first-order valence-electron chi connectivity index (χ1n) is 10.6. The number of carbonyl (C=O) groups is 2. The van der Waals surface area contributed by atoms with E-state index in [1.54, 1.807) is 29.7 Å². The molecule has 1 aliphatic rings. The van der Waals surface area contributed by atoms with Crippen LogP contribution in [0.4, 0.5) is 5.69 Å². The Labute approximate surface area is 206 Å². The Kier molecular flexibility index (Phi) is 8.33. The number of carbonyl (C=O) groups excluding carboxylic acids is 2. The molecule has 1 fully saturated rings. The van der Waals surface area contributed by atoms with E-state index in [2.05, 4.69) is 20.2 Å². The third-order valence-corrected chi connectivity index (χ3v) is 7.26. The van der Waals surface area contributed by atoms with Gasteiger partial charge in [0.25, 0.3) is 0 Å². The van der Waals surface area contributed by atoms with Crippen molar-refractivity contribution in [2.45, 2.75) is 11.6 Å². The van der Waals surface area contributed by atoms with Crippen LogP contribution in [-0.2, 0) is 9.59 Å². The van der Waals surface area contributed by atoms with Gasteiger partial charge in [0.2, 0.25) is 11.8 Å². The van der Waals surface area contributed by atoms with Crippen LogP contribution in [0, 0.1) is 0 Å². The Balaban J connectivity index is 1.24. The summed E-state index contributed by atoms with van der Waals surface area (Å²) in [5.41, 5.74) is 1.48. The lowest BCUT2D eigenvalue weighted by Crippen LogP contribution is -2.38. The van der Waals surface area contributed by atoms with Crippen LogP contribution in [-0.4, -0.2) is 70.1 Å². The van der Waals surface area contributed by atoms with Gasteiger partial charge in [0.05, 0.1) is 33.6 Å². The Hall–Kier alpha value is -2.46. The molecule has 33 heavy (non-hydrogen) atoms. The number of rotatable bonds is 7. The van der Waals surface area contributed by atoms with Crippen LogP contribution in [0.25, 0.3) is 10.6 Å². The highest BCUT2D eigenvalue weighted by Gasteiger charge is 2.21. The van der Waals surface area contributed by atoms with E-state index in [4.69, 9.17) is 11.6 Å². The summed E-state index contributed by atoms with van der Waals surface area (Å²) in [6.07, 6.45) is 2.55. The molecule has 10 heteroatoms. The fourth-order valence-electron chi connectivity index (χ4n) is 3.52. The number of amides is 2. The number of thiophene rings is 1. The molecule has 1 aliphatic heterocycles. The summed E-state index contributed by atoms with van der Waals surface area (Å²) in [4.78, 5) is 39.1. The number of hydrogen-bond donors (Lipinski definition) is 1. The van der Waals surface area contributed by atoms with E-state index in [-0.39, 0.29) is 18.4 Å². The minimum atomic E-state index is -0.110. The highest BCUT2D eigenvalue weighted by atomic mass is 35.5. The van der Waals surface area contributed by atoms with Gasteiger partial charge in [0, 0.05) is 32.4 Å². The largest absolute Gasteiger partial charge is 0.341 e. The van der Waals surface area contributed by atoms with Crippen LogP contribution in [0.1, 0.15) is 6.42 Å². The SMILES string of the molecule is O=C(CN1CCCN(C(=O)CSc2nccc(-c3cccs3)n2)CC1)Nc1ccccc1Cl. The maximum absolute atomic E-state index is 12.8. The summed E-state index contributed by atoms with van der Waals surface area (Å²) in [5.74, 6) is 0.245. The third kappa shape index (κ3) is 6.77. The molecule has 0 bridgehead atoms. The van der Waals surface area contributed by atoms with E-state index in [0.29, 0.717) is 41.3 Å². The Morgan fingerprint density at radius 3 is 2.79 bits per heavy atom. The third-order valence-electron chi connectivity index (χ3n) is 5.19. The maximum Gasteiger partial charge on any atom is 0.238 e. The Morgan fingerprint density at radius 1 is 1.09 bits per heavy atom. The van der Waals surface area contributed by atoms with Gasteiger partial charge in [-0.1, -0.05) is 41.6 Å². The molecule has 3 aromatic rings. The van der Waals surface area contributed by atoms with E-state index in [0.717, 1.165) is 23.5 Å². The van der Waals surface area contributed by atoms with Crippen molar-refractivity contribution in [3.8, 4) is 10.6 Å². The molecule has 1 N–H and O–H groups in total. The number of hydrogen-bond acceptors (Lipinski definition) is 7. The second kappa shape index (κ2) is 11.6. The molecule has 0 unspecified atom stereocenters. The molecule has 3 heterocycles. The highest BCUT2D eigenvalue weighted by molar-refractivity contribution is 7.99. The van der Waals surface area contributed by atoms with Crippen molar-refractivity contribution in [1.29, 1.82) is 0 Å². The van der Waals surface area contributed by atoms with E-state index in [1.165, 1.54) is 11.8 Å². The fraction of sp³-hybridized carbons (Fsp3) is 0.304. The Bertz CT molecular complexity index is 1100. The summed E-state index contributed by atoms with van der Waals surface area (Å²) in [5, 5.41) is 5.98. The zero-order valence-corrected chi connectivity index (χ0v) is 20.3. The van der Waals surface area contributed by atoms with Gasteiger partial charge >= 0.3 is 0 Å². The average molecular weight is 502 g/mol. The summed E-state index contributed by atoms with van der Waals surface area (Å²) in [7, 11) is 0. The number of anilines is 1. The zero-order valence-electron chi connectivity index (χ0n) is 17.9. The van der Waals surface area contributed by atoms with Crippen LogP contribution in [0.3, 0.4) is 0 Å². The molecular formula is C23H24ClN5O2S2. The summed E-state index contributed by atoms with van der Waals surface area (Å²) in [6, 6.07) is 13.1. The van der Waals surface area contributed by atoms with Crippen molar-refractivity contribution < 1.29 is 9.59 Å². The fourth-order valence-corrected chi connectivity index (χ4v) is 5.14. The predicted molar refractivity (Wildman–Crippen MR) is 134 cm³/mol. The van der Waals surface area contributed by atoms with Crippen molar-refractivity contribution >= 4 is 52.2 Å². The topological polar surface area (TPSA) is 78.4 Å². The van der Waals surface area contributed by atoms with Gasteiger partial charge in [-0.15, -0.1) is 11.3 Å². The first-order valence-corrected chi connectivity index (χ1v) is 12.9. The lowest BCUT2D eigenvalue weighted by molar-refractivity contribution is -0.128. The van der Waals surface area contributed by atoms with Crippen LogP contribution in [0.15, 0.2) is 59.2 Å². The highest BCUT2D eigenvalue weighted by Crippen LogP contribution is 2.24. The number of nitrogens with one attached hydrogen (secondary N) is 1. The molecule has 7 nitrogen and oxygen atoms in total. The van der Waals surface area contributed by atoms with Crippen molar-refractivity contribution in [1.82, 2.24) is 19.8 Å². The molecule has 2 amide bonds. The van der Waals surface area contributed by atoms with Gasteiger partial charge < -0.3 is 10.2 Å². The van der Waals surface area contributed by atoms with E-state index in [9.17, 15) is 9.59 Å². The predicted octanol–water partition coefficient (Wildman–Crippen LogP) is 4.12. The first kappa shape index (κ1) is 23.7. The van der Waals surface area contributed by atoms with Gasteiger partial charge in [-0.05, 0) is 36.1 Å². The van der Waals surface area contributed by atoms with Crippen molar-refractivity contribution in [3.05, 3.63) is 59.1 Å². The molecule has 1 saturated heterocycles. The van der Waals surface area contributed by atoms with Gasteiger partial charge in [0.1, 0.15) is 0 Å². The number of benzene rings is 1. The molecule has 172 valence electrons. The normalized spacial score (nSPS) is 14.6. The van der Waals surface area contributed by atoms with E-state index in [1.807, 2.05) is 40.6 Å². The van der Waals surface area contributed by atoms with Crippen LogP contribution < -0.4 is 5.32 Å². The molecular weight excluding hydrogens is 478 g/mol. The van der Waals surface area contributed by atoms with E-state index < -0.39 is 0 Å². The molecule has 0 atom stereocenters. The molecule has 0 radical (unpaired) electrons. The monoisotopic (exact) mass is 501 g/mol. The lowest BCUT2D eigenvalue weighted by Gasteiger charge is -2.21. The number of halogens is 1. The lowest BCUT2D eigenvalue weighted by atomic mass is 10.3. The molecule has 1 aromatic carbocycles. The minimum Gasteiger partial charge on any atom is -0.341 e. The molecule has 0 spiro atoms. The number of thioether (sulfide) groups is 1. The zero-order chi connectivity index (χ0) is 23.0. The second-order valence-electron chi connectivity index (χ2n) is 7.53. The first-order chi connectivity index (χ1) is 16.1. The van der Waals surface area contributed by atoms with Crippen LogP contribution >= 0.6 is 34.7 Å². The van der Waals surface area contributed by atoms with E-state index >= 15 is 0 Å². The van der Waals surface area contributed by atoms with Crippen molar-refractivity contribution in [2.75, 3.05) is 43.8 Å². The average Bonchev–Trinajstić information content (AvgIpc) is 3.26. The van der Waals surface area contributed by atoms with Gasteiger partial charge in [-0.2, -0.15) is 0 Å². The van der Waals surface area contributed by atoms with Crippen LogP contribution in [0.5, 0.6) is 0 Å². The summed E-state index contributed by atoms with van der Waals surface area (Å²) < 4.78 is 0. The summed E-state index contributed by atoms with van der Waals surface area (Å²) in [6.45, 7) is 2.95. The van der Waals surface area contributed by atoms with Crippen molar-refractivity contribution in [2.24, 2.45) is 0 Å². The number of aromatic nitrogens is 2. The second-order valence-corrected chi connectivity index (χ2v) is 9.83. The van der Waals surface area contributed by atoms with Crippen molar-refractivity contribution in [3.63, 3.8) is 0 Å². The standard InChI is InChI=1S/C23H24ClN5O2S2/c24-17-5-1-2-6-18(17)26-21(30)15-28-10-4-11-29(13-12-28)22(31)16-33-23-25-9-8-19(27-23)20-7-3-14-32-20/h1-3,5-9,14H,4,10-13,15-16H2,(H,26,30). The molecule has 4 rings (SSSR count). The molecule has 0 aliphatic carbocycles. The molecule has 0 saturated carbocycles. The van der Waals surface area contributed by atoms with Gasteiger partial charge in [0.15, 0.2) is 5.16 Å².